The van der Waals surface area contributed by atoms with E-state index >= 15 is 0 Å². The maximum Gasteiger partial charge on any atom is 0.241 e. The summed E-state index contributed by atoms with van der Waals surface area (Å²) in [7, 11) is 0. The molecule has 1 saturated heterocycles. The first-order chi connectivity index (χ1) is 13.6. The summed E-state index contributed by atoms with van der Waals surface area (Å²) in [6.07, 6.45) is 5.31. The summed E-state index contributed by atoms with van der Waals surface area (Å²) in [5.74, 6) is 0.582. The minimum absolute atomic E-state index is 0.0409. The van der Waals surface area contributed by atoms with Crippen LogP contribution in [0.4, 0.5) is 0 Å². The number of nitrogens with zero attached hydrogens (tertiary/aromatic N) is 7. The number of aromatic nitrogens is 6. The number of benzene rings is 1. The molecule has 0 bridgehead atoms. The Labute approximate surface area is 160 Å². The number of aryl methyl sites for hydroxylation is 1. The van der Waals surface area contributed by atoms with Crippen LogP contribution >= 0.6 is 0 Å². The second-order valence-corrected chi connectivity index (χ2v) is 7.11. The molecule has 1 aliphatic rings. The van der Waals surface area contributed by atoms with Crippen LogP contribution in [-0.2, 0) is 4.79 Å². The molecule has 3 aromatic heterocycles. The zero-order chi connectivity index (χ0) is 19.4. The molecule has 0 aliphatic carbocycles. The second-order valence-electron chi connectivity index (χ2n) is 7.11. The zero-order valence-corrected chi connectivity index (χ0v) is 15.6. The van der Waals surface area contributed by atoms with Gasteiger partial charge in [-0.25, -0.2) is 4.98 Å². The summed E-state index contributed by atoms with van der Waals surface area (Å²) >= 11 is 0. The molecule has 0 saturated carbocycles. The molecule has 28 heavy (non-hydrogen) atoms. The van der Waals surface area contributed by atoms with Crippen molar-refractivity contribution in [2.75, 3.05) is 6.54 Å². The number of hydrogen-bond donors (Lipinski definition) is 0. The molecular formula is C19H19N7O2. The molecule has 1 aromatic carbocycles. The van der Waals surface area contributed by atoms with Crippen LogP contribution in [0.15, 0.2) is 36.8 Å². The van der Waals surface area contributed by atoms with Crippen LogP contribution in [0.25, 0.3) is 22.4 Å². The molecule has 9 heteroatoms. The van der Waals surface area contributed by atoms with E-state index in [4.69, 9.17) is 0 Å². The largest absolute Gasteiger partial charge is 0.618 e. The molecule has 1 atom stereocenters. The van der Waals surface area contributed by atoms with Crippen molar-refractivity contribution in [3.63, 3.8) is 0 Å². The van der Waals surface area contributed by atoms with Gasteiger partial charge in [0.2, 0.25) is 17.1 Å². The second kappa shape index (κ2) is 6.01. The van der Waals surface area contributed by atoms with E-state index in [1.165, 1.54) is 0 Å². The van der Waals surface area contributed by atoms with Crippen LogP contribution in [0, 0.1) is 12.1 Å². The molecule has 0 spiro atoms. The molecule has 4 aromatic rings. The highest BCUT2D eigenvalue weighted by Crippen LogP contribution is 2.31. The molecule has 4 heterocycles. The van der Waals surface area contributed by atoms with Crippen LogP contribution in [-0.4, -0.2) is 41.7 Å². The van der Waals surface area contributed by atoms with Gasteiger partial charge in [0, 0.05) is 26.5 Å². The van der Waals surface area contributed by atoms with Gasteiger partial charge < -0.3 is 10.1 Å². The van der Waals surface area contributed by atoms with Crippen molar-refractivity contribution >= 4 is 22.5 Å². The van der Waals surface area contributed by atoms with Gasteiger partial charge in [0.15, 0.2) is 11.3 Å². The number of carbonyl (C=O) groups is 1. The zero-order valence-electron chi connectivity index (χ0n) is 15.6. The highest BCUT2D eigenvalue weighted by atomic mass is 16.5. The van der Waals surface area contributed by atoms with Gasteiger partial charge in [0.1, 0.15) is 17.5 Å². The fourth-order valence-corrected chi connectivity index (χ4v) is 4.13. The average molecular weight is 377 g/mol. The third-order valence-corrected chi connectivity index (χ3v) is 5.48. The van der Waals surface area contributed by atoms with Crippen molar-refractivity contribution in [1.82, 2.24) is 29.3 Å². The standard InChI is InChI=1S/C19H19N7O2/c1-12-18-19(20-11-24(18)16-6-3-4-7-17(16)26(12)28)25-10-14(21-22-25)15-8-5-9-23(15)13(2)27/h3-4,6-7,10-11,15H,5,8-9H2,1-2H3. The molecule has 1 aliphatic heterocycles. The first kappa shape index (κ1) is 16.7. The molecule has 5 rings (SSSR count). The molecule has 0 radical (unpaired) electrons. The number of rotatable bonds is 2. The van der Waals surface area contributed by atoms with Gasteiger partial charge in [0.25, 0.3) is 0 Å². The van der Waals surface area contributed by atoms with Gasteiger partial charge in [0.05, 0.1) is 12.2 Å². The lowest BCUT2D eigenvalue weighted by atomic mass is 10.1. The Bertz CT molecular complexity index is 1230. The Morgan fingerprint density at radius 3 is 2.96 bits per heavy atom. The lowest BCUT2D eigenvalue weighted by Crippen LogP contribution is -2.32. The minimum Gasteiger partial charge on any atom is -0.618 e. The Hall–Kier alpha value is -3.49. The predicted molar refractivity (Wildman–Crippen MR) is 101 cm³/mol. The van der Waals surface area contributed by atoms with Crippen molar-refractivity contribution in [3.05, 3.63) is 53.4 Å². The van der Waals surface area contributed by atoms with Crippen LogP contribution in [0.5, 0.6) is 0 Å². The number of amides is 1. The summed E-state index contributed by atoms with van der Waals surface area (Å²) in [4.78, 5) is 18.2. The Kier molecular flexibility index (Phi) is 3.58. The van der Waals surface area contributed by atoms with Crippen LogP contribution in [0.1, 0.15) is 37.2 Å². The average Bonchev–Trinajstić information content (AvgIpc) is 3.44. The highest BCUT2D eigenvalue weighted by Gasteiger charge is 2.30. The van der Waals surface area contributed by atoms with E-state index in [0.29, 0.717) is 22.5 Å². The van der Waals surface area contributed by atoms with E-state index in [-0.39, 0.29) is 11.9 Å². The van der Waals surface area contributed by atoms with Crippen molar-refractivity contribution in [2.24, 2.45) is 0 Å². The fraction of sp³-hybridized carbons (Fsp3) is 0.316. The molecule has 1 amide bonds. The number of para-hydroxylation sites is 2. The van der Waals surface area contributed by atoms with Crippen molar-refractivity contribution in [1.29, 1.82) is 0 Å². The maximum absolute atomic E-state index is 12.7. The summed E-state index contributed by atoms with van der Waals surface area (Å²) in [6.45, 7) is 4.08. The van der Waals surface area contributed by atoms with E-state index in [2.05, 4.69) is 15.3 Å². The van der Waals surface area contributed by atoms with Gasteiger partial charge in [-0.05, 0) is 18.9 Å². The lowest BCUT2D eigenvalue weighted by molar-refractivity contribution is -0.583. The van der Waals surface area contributed by atoms with E-state index < -0.39 is 0 Å². The molecular weight excluding hydrogens is 358 g/mol. The normalized spacial score (nSPS) is 17.1. The Balaban J connectivity index is 1.65. The number of fused-ring (bicyclic) bond motifs is 3. The number of hydrogen-bond acceptors (Lipinski definition) is 5. The lowest BCUT2D eigenvalue weighted by Gasteiger charge is -2.20. The predicted octanol–water partition coefficient (Wildman–Crippen LogP) is 1.69. The Morgan fingerprint density at radius 1 is 1.32 bits per heavy atom. The van der Waals surface area contributed by atoms with Crippen molar-refractivity contribution in [2.45, 2.75) is 32.7 Å². The highest BCUT2D eigenvalue weighted by molar-refractivity contribution is 5.78. The molecule has 1 unspecified atom stereocenters. The molecule has 1 fully saturated rings. The first-order valence-corrected chi connectivity index (χ1v) is 9.24. The number of likely N-dealkylation sites (tertiary alicyclic amines) is 1. The number of imidazole rings is 1. The first-order valence-electron chi connectivity index (χ1n) is 9.24. The summed E-state index contributed by atoms with van der Waals surface area (Å²) < 4.78 is 4.40. The molecule has 142 valence electrons. The van der Waals surface area contributed by atoms with E-state index in [1.54, 1.807) is 37.1 Å². The third-order valence-electron chi connectivity index (χ3n) is 5.48. The van der Waals surface area contributed by atoms with E-state index in [9.17, 15) is 10.0 Å². The maximum atomic E-state index is 12.7. The summed E-state index contributed by atoms with van der Waals surface area (Å²) in [6, 6.07) is 7.34. The number of carbonyl (C=O) groups excluding carboxylic acids is 1. The summed E-state index contributed by atoms with van der Waals surface area (Å²) in [5.41, 5.74) is 3.31. The van der Waals surface area contributed by atoms with Gasteiger partial charge in [-0.15, -0.1) is 5.10 Å². The van der Waals surface area contributed by atoms with E-state index in [1.807, 2.05) is 27.5 Å². The van der Waals surface area contributed by atoms with Crippen LogP contribution < -0.4 is 4.73 Å². The smallest absolute Gasteiger partial charge is 0.241 e. The van der Waals surface area contributed by atoms with Crippen molar-refractivity contribution < 1.29 is 9.52 Å². The fourth-order valence-electron chi connectivity index (χ4n) is 4.13. The van der Waals surface area contributed by atoms with Crippen LogP contribution in [0.2, 0.25) is 0 Å². The molecule has 0 N–H and O–H groups in total. The Morgan fingerprint density at radius 2 is 2.14 bits per heavy atom. The topological polar surface area (TPSA) is 95.3 Å². The van der Waals surface area contributed by atoms with Crippen molar-refractivity contribution in [3.8, 4) is 5.82 Å². The van der Waals surface area contributed by atoms with Gasteiger partial charge in [-0.3, -0.25) is 9.20 Å². The van der Waals surface area contributed by atoms with Crippen LogP contribution in [0.3, 0.4) is 0 Å². The third kappa shape index (κ3) is 2.29. The van der Waals surface area contributed by atoms with Gasteiger partial charge in [-0.2, -0.15) is 9.41 Å². The van der Waals surface area contributed by atoms with Gasteiger partial charge in [-0.1, -0.05) is 17.3 Å². The molecule has 9 nitrogen and oxygen atoms in total. The SMILES string of the molecule is CC(=O)N1CCCC1c1cn(-c2ncn3c2c(C)[n+]([O-])c2ccccc23)nn1. The van der Waals surface area contributed by atoms with Gasteiger partial charge >= 0.3 is 0 Å². The van der Waals surface area contributed by atoms with E-state index in [0.717, 1.165) is 35.3 Å². The monoisotopic (exact) mass is 377 g/mol. The summed E-state index contributed by atoms with van der Waals surface area (Å²) in [5, 5.41) is 21.3. The quantitative estimate of drug-likeness (QED) is 0.391. The minimum atomic E-state index is -0.0634.